The zero-order valence-corrected chi connectivity index (χ0v) is 22.9. The molecule has 5 rings (SSSR count). The molecule has 3 heterocycles. The maximum Gasteiger partial charge on any atom is 0.256 e. The summed E-state index contributed by atoms with van der Waals surface area (Å²) in [4.78, 5) is 15.7. The third-order valence-corrected chi connectivity index (χ3v) is 8.35. The smallest absolute Gasteiger partial charge is 0.256 e. The lowest BCUT2D eigenvalue weighted by Gasteiger charge is -2.45. The first-order valence-corrected chi connectivity index (χ1v) is 13.6. The van der Waals surface area contributed by atoms with Crippen molar-refractivity contribution in [2.45, 2.75) is 70.1 Å². The first kappa shape index (κ1) is 25.9. The van der Waals surface area contributed by atoms with Gasteiger partial charge in [-0.2, -0.15) is 10.2 Å². The van der Waals surface area contributed by atoms with E-state index in [9.17, 15) is 4.79 Å². The fourth-order valence-corrected chi connectivity index (χ4v) is 5.84. The second kappa shape index (κ2) is 11.0. The highest BCUT2D eigenvalue weighted by Gasteiger charge is 2.38. The van der Waals surface area contributed by atoms with Crippen molar-refractivity contribution in [3.05, 3.63) is 64.1 Å². The van der Waals surface area contributed by atoms with Gasteiger partial charge in [0.25, 0.3) is 5.91 Å². The number of nitrogens with zero attached hydrogens (tertiary/aromatic N) is 5. The first-order valence-electron chi connectivity index (χ1n) is 13.2. The van der Waals surface area contributed by atoms with E-state index in [1.54, 1.807) is 4.68 Å². The summed E-state index contributed by atoms with van der Waals surface area (Å²) >= 11 is 6.12. The van der Waals surface area contributed by atoms with Crippen LogP contribution in [0.5, 0.6) is 0 Å². The van der Waals surface area contributed by atoms with E-state index in [1.807, 2.05) is 43.9 Å². The number of nitrogens with one attached hydrogen (secondary N) is 1. The van der Waals surface area contributed by atoms with Gasteiger partial charge in [-0.1, -0.05) is 23.7 Å². The molecule has 3 aromatic rings. The summed E-state index contributed by atoms with van der Waals surface area (Å²) in [5.74, 6) is 0.929. The molecule has 0 spiro atoms. The molecular formula is C28H37ClN6O2. The van der Waals surface area contributed by atoms with E-state index in [4.69, 9.17) is 21.4 Å². The van der Waals surface area contributed by atoms with E-state index in [1.165, 1.54) is 17.0 Å². The zero-order chi connectivity index (χ0) is 26.1. The minimum absolute atomic E-state index is 0.134. The summed E-state index contributed by atoms with van der Waals surface area (Å²) in [5.41, 5.74) is 4.63. The maximum atomic E-state index is 13.2. The van der Waals surface area contributed by atoms with Crippen molar-refractivity contribution in [1.82, 2.24) is 24.5 Å². The molecule has 8 nitrogen and oxygen atoms in total. The predicted octanol–water partition coefficient (Wildman–Crippen LogP) is 4.40. The molecule has 9 heteroatoms. The predicted molar refractivity (Wildman–Crippen MR) is 145 cm³/mol. The molecule has 2 aliphatic rings. The maximum absolute atomic E-state index is 13.2. The molecular weight excluding hydrogens is 488 g/mol. The van der Waals surface area contributed by atoms with Crippen LogP contribution in [0.1, 0.15) is 54.2 Å². The number of hydrogen-bond acceptors (Lipinski definition) is 5. The highest BCUT2D eigenvalue weighted by molar-refractivity contribution is 6.30. The van der Waals surface area contributed by atoms with Gasteiger partial charge in [-0.25, -0.2) is 0 Å². The number of hydrogen-bond donors (Lipinski definition) is 1. The van der Waals surface area contributed by atoms with Gasteiger partial charge >= 0.3 is 0 Å². The van der Waals surface area contributed by atoms with Gasteiger partial charge < -0.3 is 10.1 Å². The van der Waals surface area contributed by atoms with Crippen molar-refractivity contribution in [2.75, 3.05) is 18.5 Å². The Bertz CT molecular complexity index is 1190. The summed E-state index contributed by atoms with van der Waals surface area (Å²) in [7, 11) is 3.88. The van der Waals surface area contributed by atoms with Gasteiger partial charge in [0, 0.05) is 61.1 Å². The minimum atomic E-state index is -0.528. The Morgan fingerprint density at radius 1 is 1.03 bits per heavy atom. The molecule has 198 valence electrons. The Kier molecular flexibility index (Phi) is 7.70. The summed E-state index contributed by atoms with van der Waals surface area (Å²) in [6.45, 7) is 5.16. The van der Waals surface area contributed by atoms with Crippen LogP contribution in [0, 0.1) is 13.8 Å². The Hall–Kier alpha value is -2.68. The summed E-state index contributed by atoms with van der Waals surface area (Å²) in [6.07, 6.45) is 4.73. The summed E-state index contributed by atoms with van der Waals surface area (Å²) < 4.78 is 9.89. The highest BCUT2D eigenvalue weighted by Crippen LogP contribution is 2.36. The van der Waals surface area contributed by atoms with E-state index < -0.39 is 6.10 Å². The lowest BCUT2D eigenvalue weighted by Crippen LogP contribution is -2.57. The Morgan fingerprint density at radius 3 is 2.32 bits per heavy atom. The van der Waals surface area contributed by atoms with Crippen LogP contribution in [-0.4, -0.2) is 61.7 Å². The van der Waals surface area contributed by atoms with Gasteiger partial charge in [-0.15, -0.1) is 0 Å². The van der Waals surface area contributed by atoms with Crippen LogP contribution in [0.3, 0.4) is 0 Å². The molecule has 2 fully saturated rings. The van der Waals surface area contributed by atoms with E-state index in [2.05, 4.69) is 40.4 Å². The topological polar surface area (TPSA) is 77.2 Å². The van der Waals surface area contributed by atoms with Crippen molar-refractivity contribution in [1.29, 1.82) is 0 Å². The van der Waals surface area contributed by atoms with Crippen LogP contribution in [-0.2, 0) is 30.0 Å². The van der Waals surface area contributed by atoms with E-state index in [0.29, 0.717) is 30.9 Å². The fourth-order valence-electron chi connectivity index (χ4n) is 5.71. The van der Waals surface area contributed by atoms with Gasteiger partial charge in [0.05, 0.1) is 12.3 Å². The Balaban J connectivity index is 1.29. The van der Waals surface area contributed by atoms with Crippen molar-refractivity contribution < 1.29 is 9.53 Å². The molecule has 0 bridgehead atoms. The molecule has 2 atom stereocenters. The Morgan fingerprint density at radius 2 is 1.70 bits per heavy atom. The number of aryl methyl sites for hydroxylation is 4. The number of carbonyl (C=O) groups is 1. The van der Waals surface area contributed by atoms with E-state index in [-0.39, 0.29) is 11.9 Å². The molecule has 1 amide bonds. The van der Waals surface area contributed by atoms with Crippen molar-refractivity contribution in [3.8, 4) is 0 Å². The van der Waals surface area contributed by atoms with Crippen molar-refractivity contribution >= 4 is 23.3 Å². The lowest BCUT2D eigenvalue weighted by molar-refractivity contribution is -0.140. The molecule has 1 aromatic carbocycles. The van der Waals surface area contributed by atoms with Crippen LogP contribution in [0.15, 0.2) is 36.4 Å². The average Bonchev–Trinajstić information content (AvgIpc) is 3.39. The van der Waals surface area contributed by atoms with Crippen molar-refractivity contribution in [2.24, 2.45) is 14.1 Å². The number of aromatic nitrogens is 4. The standard InChI is InChI=1S/C28H37ClN6O2/c1-18-13-25(31-33(18)3)21-7-11-23(12-8-21)35-16-26(28(36)30-27-14-19(2)34(4)32-27)37-17-24(35)15-20-5-9-22(29)10-6-20/h5-6,9-10,13-14,21,23-24,26H,7-8,11-12,15-17H2,1-4H3,(H,30,32,36). The number of amides is 1. The second-order valence-electron chi connectivity index (χ2n) is 10.6. The largest absolute Gasteiger partial charge is 0.365 e. The number of halogens is 1. The molecule has 1 saturated heterocycles. The summed E-state index contributed by atoms with van der Waals surface area (Å²) in [6, 6.07) is 12.8. The van der Waals surface area contributed by atoms with Crippen LogP contribution in [0.25, 0.3) is 0 Å². The number of rotatable bonds is 6. The van der Waals surface area contributed by atoms with Gasteiger partial charge in [0.2, 0.25) is 0 Å². The van der Waals surface area contributed by atoms with E-state index in [0.717, 1.165) is 42.8 Å². The number of benzene rings is 1. The average molecular weight is 525 g/mol. The van der Waals surface area contributed by atoms with Crippen LogP contribution in [0.2, 0.25) is 5.02 Å². The number of morpholine rings is 1. The number of carbonyl (C=O) groups excluding carboxylic acids is 1. The SMILES string of the molecule is Cc1cc(NC(=O)C2CN(C3CCC(c4cc(C)n(C)n4)CC3)C(Cc3ccc(Cl)cc3)CO2)nn1C. The van der Waals surface area contributed by atoms with Crippen LogP contribution < -0.4 is 5.32 Å². The van der Waals surface area contributed by atoms with Gasteiger partial charge in [-0.3, -0.25) is 19.1 Å². The second-order valence-corrected chi connectivity index (χ2v) is 11.1. The van der Waals surface area contributed by atoms with Crippen LogP contribution >= 0.6 is 11.6 Å². The molecule has 1 N–H and O–H groups in total. The van der Waals surface area contributed by atoms with Gasteiger partial charge in [0.15, 0.2) is 5.82 Å². The first-order chi connectivity index (χ1) is 17.8. The molecule has 1 aliphatic heterocycles. The zero-order valence-electron chi connectivity index (χ0n) is 22.2. The lowest BCUT2D eigenvalue weighted by atomic mass is 9.82. The molecule has 1 aliphatic carbocycles. The normalized spacial score (nSPS) is 24.8. The molecule has 2 aromatic heterocycles. The molecule has 37 heavy (non-hydrogen) atoms. The quantitative estimate of drug-likeness (QED) is 0.517. The summed E-state index contributed by atoms with van der Waals surface area (Å²) in [5, 5.41) is 12.8. The fraction of sp³-hybridized carbons (Fsp3) is 0.536. The van der Waals surface area contributed by atoms with E-state index >= 15 is 0 Å². The third kappa shape index (κ3) is 5.92. The van der Waals surface area contributed by atoms with Crippen molar-refractivity contribution in [3.63, 3.8) is 0 Å². The Labute approximate surface area is 223 Å². The van der Waals surface area contributed by atoms with Gasteiger partial charge in [-0.05, 0) is 69.7 Å². The highest BCUT2D eigenvalue weighted by atomic mass is 35.5. The molecule has 2 unspecified atom stereocenters. The molecule has 0 radical (unpaired) electrons. The minimum Gasteiger partial charge on any atom is -0.365 e. The number of ether oxygens (including phenoxy) is 1. The third-order valence-electron chi connectivity index (χ3n) is 8.09. The monoisotopic (exact) mass is 524 g/mol. The number of anilines is 1. The van der Waals surface area contributed by atoms with Gasteiger partial charge in [0.1, 0.15) is 6.10 Å². The van der Waals surface area contributed by atoms with Crippen LogP contribution in [0.4, 0.5) is 5.82 Å². The molecule has 1 saturated carbocycles.